The van der Waals surface area contributed by atoms with Crippen molar-refractivity contribution in [2.45, 2.75) is 0 Å². The molecule has 0 aliphatic carbocycles. The number of carbonyl (C=O) groups is 1. The Kier molecular flexibility index (Phi) is 8.05. The fourth-order valence-electron chi connectivity index (χ4n) is 4.32. The summed E-state index contributed by atoms with van der Waals surface area (Å²) in [5.74, 6) is -10.3. The van der Waals surface area contributed by atoms with Gasteiger partial charge in [0.05, 0.1) is 5.02 Å². The summed E-state index contributed by atoms with van der Waals surface area (Å²) in [5, 5.41) is 7.12. The normalized spacial score (nSPS) is 13.6. The molecule has 5 nitrogen and oxygen atoms in total. The highest BCUT2D eigenvalue weighted by Gasteiger charge is 2.30. The quantitative estimate of drug-likeness (QED) is 0.107. The second-order valence-electron chi connectivity index (χ2n) is 8.73. The molecule has 1 amide bonds. The monoisotopic (exact) mass is 630 g/mol. The standard InChI is InChI=1S/C26H17Cl2F5N4OS2/c27-12-1-6-15-16(11-12)40-24(17(15)28)25(38)35-26(39)34-13-2-4-14(5-3-13)36-7-9-37(10-8-36)23-21(32)19(30)18(29)20(31)22(23)33/h1-6,11H,7-10H2,(H2,34,35,38,39). The van der Waals surface area contributed by atoms with Gasteiger partial charge in [-0.3, -0.25) is 10.1 Å². The predicted octanol–water partition coefficient (Wildman–Crippen LogP) is 7.36. The highest BCUT2D eigenvalue weighted by Crippen LogP contribution is 2.37. The number of thiocarbonyl (C=S) groups is 1. The maximum atomic E-state index is 14.2. The third-order valence-corrected chi connectivity index (χ3v) is 8.39. The number of anilines is 3. The van der Waals surface area contributed by atoms with E-state index in [1.807, 2.05) is 4.90 Å². The molecule has 3 aromatic carbocycles. The molecule has 0 bridgehead atoms. The third kappa shape index (κ3) is 5.40. The van der Waals surface area contributed by atoms with Crippen LogP contribution in [0.15, 0.2) is 42.5 Å². The minimum Gasteiger partial charge on any atom is -0.368 e. The van der Waals surface area contributed by atoms with Gasteiger partial charge in [0.1, 0.15) is 10.6 Å². The molecule has 2 N–H and O–H groups in total. The van der Waals surface area contributed by atoms with Crippen LogP contribution in [0.25, 0.3) is 10.1 Å². The Hall–Kier alpha value is -3.19. The van der Waals surface area contributed by atoms with Crippen molar-refractivity contribution in [3.05, 3.63) is 86.5 Å². The number of carbonyl (C=O) groups excluding carboxylic acids is 1. The van der Waals surface area contributed by atoms with Crippen molar-refractivity contribution in [2.24, 2.45) is 0 Å². The molecule has 0 radical (unpaired) electrons. The zero-order valence-electron chi connectivity index (χ0n) is 20.1. The van der Waals surface area contributed by atoms with Crippen LogP contribution >= 0.6 is 46.8 Å². The van der Waals surface area contributed by atoms with E-state index in [1.54, 1.807) is 42.5 Å². The highest BCUT2D eigenvalue weighted by molar-refractivity contribution is 7.80. The largest absolute Gasteiger partial charge is 0.368 e. The lowest BCUT2D eigenvalue weighted by atomic mass is 10.2. The summed E-state index contributed by atoms with van der Waals surface area (Å²) in [4.78, 5) is 16.1. The number of nitrogens with one attached hydrogen (secondary N) is 2. The Labute approximate surface area is 244 Å². The SMILES string of the molecule is O=C(NC(=S)Nc1ccc(N2CCN(c3c(F)c(F)c(F)c(F)c3F)CC2)cc1)c1sc2cc(Cl)ccc2c1Cl. The summed E-state index contributed by atoms with van der Waals surface area (Å²) in [6.07, 6.45) is 0. The van der Waals surface area contributed by atoms with E-state index >= 15 is 0 Å². The van der Waals surface area contributed by atoms with Crippen molar-refractivity contribution in [1.82, 2.24) is 5.32 Å². The number of halogens is 7. The Morgan fingerprint density at radius 1 is 0.825 bits per heavy atom. The maximum absolute atomic E-state index is 14.2. The average molecular weight is 631 g/mol. The van der Waals surface area contributed by atoms with Crippen molar-refractivity contribution in [3.63, 3.8) is 0 Å². The summed E-state index contributed by atoms with van der Waals surface area (Å²) >= 11 is 18.8. The number of benzene rings is 3. The van der Waals surface area contributed by atoms with Crippen LogP contribution in [0.1, 0.15) is 9.67 Å². The van der Waals surface area contributed by atoms with Gasteiger partial charge in [-0.2, -0.15) is 0 Å². The number of hydrogen-bond donors (Lipinski definition) is 2. The first-order valence-electron chi connectivity index (χ1n) is 11.7. The molecule has 0 atom stereocenters. The minimum absolute atomic E-state index is 0.0426. The predicted molar refractivity (Wildman–Crippen MR) is 153 cm³/mol. The number of amides is 1. The lowest BCUT2D eigenvalue weighted by Gasteiger charge is -2.37. The molecular weight excluding hydrogens is 614 g/mol. The van der Waals surface area contributed by atoms with Gasteiger partial charge in [-0.15, -0.1) is 11.3 Å². The van der Waals surface area contributed by atoms with Crippen LogP contribution < -0.4 is 20.4 Å². The van der Waals surface area contributed by atoms with Gasteiger partial charge in [-0.25, -0.2) is 22.0 Å². The number of hydrogen-bond acceptors (Lipinski definition) is 5. The maximum Gasteiger partial charge on any atom is 0.269 e. The van der Waals surface area contributed by atoms with E-state index in [4.69, 9.17) is 35.4 Å². The van der Waals surface area contributed by atoms with Crippen molar-refractivity contribution >= 4 is 84.9 Å². The third-order valence-electron chi connectivity index (χ3n) is 6.30. The average Bonchev–Trinajstić information content (AvgIpc) is 3.27. The van der Waals surface area contributed by atoms with E-state index in [2.05, 4.69) is 10.6 Å². The molecule has 0 spiro atoms. The van der Waals surface area contributed by atoms with E-state index in [0.29, 0.717) is 26.0 Å². The molecule has 1 aromatic heterocycles. The topological polar surface area (TPSA) is 47.6 Å². The smallest absolute Gasteiger partial charge is 0.269 e. The number of piperazine rings is 1. The molecule has 208 valence electrons. The summed E-state index contributed by atoms with van der Waals surface area (Å²) in [7, 11) is 0. The van der Waals surface area contributed by atoms with Gasteiger partial charge < -0.3 is 15.1 Å². The molecule has 0 unspecified atom stereocenters. The van der Waals surface area contributed by atoms with Crippen molar-refractivity contribution in [2.75, 3.05) is 41.3 Å². The lowest BCUT2D eigenvalue weighted by molar-refractivity contribution is 0.0982. The van der Waals surface area contributed by atoms with Gasteiger partial charge in [0.25, 0.3) is 5.91 Å². The van der Waals surface area contributed by atoms with Gasteiger partial charge in [0, 0.05) is 52.7 Å². The van der Waals surface area contributed by atoms with Gasteiger partial charge >= 0.3 is 0 Å². The minimum atomic E-state index is -2.18. The van der Waals surface area contributed by atoms with Crippen LogP contribution in [0.3, 0.4) is 0 Å². The fraction of sp³-hybridized carbons (Fsp3) is 0.154. The first-order chi connectivity index (χ1) is 19.0. The molecule has 1 fully saturated rings. The van der Waals surface area contributed by atoms with E-state index in [1.165, 1.54) is 11.3 Å². The van der Waals surface area contributed by atoms with Gasteiger partial charge in [-0.1, -0.05) is 29.3 Å². The van der Waals surface area contributed by atoms with Crippen molar-refractivity contribution in [3.8, 4) is 0 Å². The Morgan fingerprint density at radius 3 is 2.02 bits per heavy atom. The number of thiophene rings is 1. The summed E-state index contributed by atoms with van der Waals surface area (Å²) in [6, 6.07) is 12.1. The first-order valence-corrected chi connectivity index (χ1v) is 13.6. The van der Waals surface area contributed by atoms with Crippen molar-refractivity contribution < 1.29 is 26.7 Å². The Morgan fingerprint density at radius 2 is 1.40 bits per heavy atom. The van der Waals surface area contributed by atoms with Crippen LogP contribution in [0.4, 0.5) is 39.0 Å². The summed E-state index contributed by atoms with van der Waals surface area (Å²) < 4.78 is 69.7. The van der Waals surface area contributed by atoms with Crippen LogP contribution in [-0.2, 0) is 0 Å². The molecule has 1 saturated heterocycles. The Balaban J connectivity index is 1.19. The first kappa shape index (κ1) is 28.3. The number of rotatable bonds is 4. The molecule has 0 saturated carbocycles. The second kappa shape index (κ2) is 11.4. The molecule has 14 heteroatoms. The molecule has 4 aromatic rings. The molecule has 1 aliphatic heterocycles. The molecule has 40 heavy (non-hydrogen) atoms. The molecule has 1 aliphatic rings. The van der Waals surface area contributed by atoms with Gasteiger partial charge in [-0.05, 0) is 48.6 Å². The van der Waals surface area contributed by atoms with Gasteiger partial charge in [0.2, 0.25) is 5.82 Å². The van der Waals surface area contributed by atoms with Crippen molar-refractivity contribution in [1.29, 1.82) is 0 Å². The zero-order chi connectivity index (χ0) is 28.7. The molecule has 2 heterocycles. The van der Waals surface area contributed by atoms with Gasteiger partial charge in [0.15, 0.2) is 28.4 Å². The second-order valence-corrected chi connectivity index (χ2v) is 11.0. The van der Waals surface area contributed by atoms with Crippen LogP contribution in [-0.4, -0.2) is 37.2 Å². The highest BCUT2D eigenvalue weighted by atomic mass is 35.5. The zero-order valence-corrected chi connectivity index (χ0v) is 23.3. The van der Waals surface area contributed by atoms with E-state index in [0.717, 1.165) is 15.3 Å². The lowest BCUT2D eigenvalue weighted by Crippen LogP contribution is -2.47. The molecular formula is C26H17Cl2F5N4OS2. The number of nitrogens with zero attached hydrogens (tertiary/aromatic N) is 2. The fourth-order valence-corrected chi connectivity index (χ4v) is 6.22. The van der Waals surface area contributed by atoms with Crippen LogP contribution in [0, 0.1) is 29.1 Å². The number of fused-ring (bicyclic) bond motifs is 1. The molecule has 5 rings (SSSR count). The summed E-state index contributed by atoms with van der Waals surface area (Å²) in [6.45, 7) is 0.645. The van der Waals surface area contributed by atoms with E-state index in [-0.39, 0.29) is 31.3 Å². The summed E-state index contributed by atoms with van der Waals surface area (Å²) in [5.41, 5.74) is 0.434. The van der Waals surface area contributed by atoms with Crippen LogP contribution in [0.2, 0.25) is 10.0 Å². The Bertz CT molecular complexity index is 1610. The van der Waals surface area contributed by atoms with E-state index < -0.39 is 40.7 Å². The van der Waals surface area contributed by atoms with Crippen LogP contribution in [0.5, 0.6) is 0 Å². The van der Waals surface area contributed by atoms with E-state index in [9.17, 15) is 26.7 Å².